The van der Waals surface area contributed by atoms with Crippen LogP contribution in [0.4, 0.5) is 9.18 Å². The molecule has 0 spiro atoms. The molecule has 1 aliphatic rings. The van der Waals surface area contributed by atoms with E-state index in [2.05, 4.69) is 4.99 Å². The van der Waals surface area contributed by atoms with E-state index in [1.54, 1.807) is 0 Å². The molecule has 2 rings (SSSR count). The highest BCUT2D eigenvalue weighted by Crippen LogP contribution is 2.37. The van der Waals surface area contributed by atoms with Crippen LogP contribution in [0.25, 0.3) is 0 Å². The summed E-state index contributed by atoms with van der Waals surface area (Å²) in [5, 5.41) is 20.8. The predicted molar refractivity (Wildman–Crippen MR) is 89.6 cm³/mol. The average molecular weight is 373 g/mol. The number of aliphatic imine (C=N–C) groups is 1. The Labute approximate surface area is 145 Å². The van der Waals surface area contributed by atoms with Crippen LogP contribution < -0.4 is 5.32 Å². The van der Waals surface area contributed by atoms with Crippen molar-refractivity contribution < 1.29 is 27.8 Å². The first-order chi connectivity index (χ1) is 11.3. The van der Waals surface area contributed by atoms with E-state index in [0.717, 1.165) is 22.5 Å². The standard InChI is InChI=1S/C15H20FN3O5S/c1-14(2)12(17-13(21)22)18-15(3,8-19(4)25(14,23)24)10-7-9(20)5-6-11(10)16/h5-7,20H,8H2,1-4H3,(H,17,18)(H,21,22). The molecule has 138 valence electrons. The highest BCUT2D eigenvalue weighted by atomic mass is 32.2. The molecule has 25 heavy (non-hydrogen) atoms. The van der Waals surface area contributed by atoms with Gasteiger partial charge >= 0.3 is 6.09 Å². The molecule has 1 aromatic carbocycles. The molecule has 0 radical (unpaired) electrons. The Balaban J connectivity index is 2.77. The van der Waals surface area contributed by atoms with Gasteiger partial charge in [0.2, 0.25) is 10.0 Å². The molecule has 3 N–H and O–H groups in total. The second-order valence-electron chi connectivity index (χ2n) is 6.60. The lowest BCUT2D eigenvalue weighted by Crippen LogP contribution is -2.52. The Kier molecular flexibility index (Phi) is 4.56. The number of nitrogens with zero attached hydrogens (tertiary/aromatic N) is 2. The van der Waals surface area contributed by atoms with Crippen molar-refractivity contribution >= 4 is 22.0 Å². The van der Waals surface area contributed by atoms with Crippen LogP contribution in [-0.4, -0.2) is 53.2 Å². The van der Waals surface area contributed by atoms with Crippen LogP contribution in [0, 0.1) is 5.82 Å². The summed E-state index contributed by atoms with van der Waals surface area (Å²) in [4.78, 5) is 15.4. The van der Waals surface area contributed by atoms with Gasteiger partial charge in [-0.3, -0.25) is 10.3 Å². The van der Waals surface area contributed by atoms with Gasteiger partial charge in [0.05, 0.1) is 0 Å². The Morgan fingerprint density at radius 2 is 1.96 bits per heavy atom. The van der Waals surface area contributed by atoms with Gasteiger partial charge < -0.3 is 10.2 Å². The van der Waals surface area contributed by atoms with Gasteiger partial charge in [0.15, 0.2) is 0 Å². The molecule has 0 saturated heterocycles. The third-order valence-electron chi connectivity index (χ3n) is 4.27. The third-order valence-corrected chi connectivity index (χ3v) is 6.70. The minimum atomic E-state index is -3.98. The van der Waals surface area contributed by atoms with E-state index in [1.165, 1.54) is 27.8 Å². The molecule has 0 fully saturated rings. The number of rotatable bonds is 1. The molecular weight excluding hydrogens is 353 g/mol. The quantitative estimate of drug-likeness (QED) is 0.689. The molecule has 8 nitrogen and oxygen atoms in total. The summed E-state index contributed by atoms with van der Waals surface area (Å²) in [6.45, 7) is 3.88. The molecule has 1 unspecified atom stereocenters. The second kappa shape index (κ2) is 5.95. The molecule has 1 aromatic rings. The number of carbonyl (C=O) groups is 1. The number of halogens is 1. The summed E-state index contributed by atoms with van der Waals surface area (Å²) >= 11 is 0. The van der Waals surface area contributed by atoms with Gasteiger partial charge in [0.25, 0.3) is 0 Å². The third kappa shape index (κ3) is 3.19. The van der Waals surface area contributed by atoms with Crippen LogP contribution in [-0.2, 0) is 15.6 Å². The lowest BCUT2D eigenvalue weighted by Gasteiger charge is -2.29. The SMILES string of the molecule is CN1CC(C)(c2cc(O)ccc2F)N=C(NC(=O)O)C(C)(C)S1(=O)=O. The van der Waals surface area contributed by atoms with Crippen molar-refractivity contribution in [3.05, 3.63) is 29.6 Å². The van der Waals surface area contributed by atoms with Gasteiger partial charge in [-0.05, 0) is 39.0 Å². The fraction of sp³-hybridized carbons (Fsp3) is 0.467. The molecule has 10 heteroatoms. The van der Waals surface area contributed by atoms with Crippen LogP contribution in [0.3, 0.4) is 0 Å². The number of benzene rings is 1. The second-order valence-corrected chi connectivity index (χ2v) is 9.19. The fourth-order valence-electron chi connectivity index (χ4n) is 2.80. The summed E-state index contributed by atoms with van der Waals surface area (Å²) in [6.07, 6.45) is -1.48. The summed E-state index contributed by atoms with van der Waals surface area (Å²) in [7, 11) is -2.67. The summed E-state index contributed by atoms with van der Waals surface area (Å²) < 4.78 is 39.3. The highest BCUT2D eigenvalue weighted by Gasteiger charge is 2.49. The zero-order chi connectivity index (χ0) is 19.2. The highest BCUT2D eigenvalue weighted by molar-refractivity contribution is 7.91. The van der Waals surface area contributed by atoms with Crippen LogP contribution in [0.5, 0.6) is 5.75 Å². The molecule has 1 atom stereocenters. The number of likely N-dealkylation sites (N-methyl/N-ethyl adjacent to an activating group) is 1. The van der Waals surface area contributed by atoms with Crippen molar-refractivity contribution in [2.24, 2.45) is 4.99 Å². The van der Waals surface area contributed by atoms with E-state index in [0.29, 0.717) is 0 Å². The van der Waals surface area contributed by atoms with Crippen molar-refractivity contribution in [3.63, 3.8) is 0 Å². The Hall–Kier alpha value is -2.20. The first-order valence-corrected chi connectivity index (χ1v) is 8.80. The van der Waals surface area contributed by atoms with E-state index in [9.17, 15) is 22.7 Å². The van der Waals surface area contributed by atoms with Crippen LogP contribution in [0.1, 0.15) is 26.3 Å². The maximum absolute atomic E-state index is 14.3. The molecule has 1 amide bonds. The first-order valence-electron chi connectivity index (χ1n) is 7.36. The molecule has 1 heterocycles. The van der Waals surface area contributed by atoms with E-state index >= 15 is 0 Å². The zero-order valence-electron chi connectivity index (χ0n) is 14.2. The van der Waals surface area contributed by atoms with Gasteiger partial charge in [-0.15, -0.1) is 0 Å². The predicted octanol–water partition coefficient (Wildman–Crippen LogP) is 1.47. The number of nitrogens with one attached hydrogen (secondary N) is 1. The number of phenolic OH excluding ortho intramolecular Hbond substituents is 1. The number of carboxylic acid groups (broad SMARTS) is 1. The largest absolute Gasteiger partial charge is 0.508 e. The van der Waals surface area contributed by atoms with E-state index < -0.39 is 32.2 Å². The minimum Gasteiger partial charge on any atom is -0.508 e. The lowest BCUT2D eigenvalue weighted by molar-refractivity contribution is 0.199. The average Bonchev–Trinajstić information content (AvgIpc) is 2.51. The van der Waals surface area contributed by atoms with Crippen molar-refractivity contribution in [2.45, 2.75) is 31.1 Å². The summed E-state index contributed by atoms with van der Waals surface area (Å²) in [5.74, 6) is -1.23. The van der Waals surface area contributed by atoms with E-state index in [-0.39, 0.29) is 23.7 Å². The van der Waals surface area contributed by atoms with Gasteiger partial charge in [-0.25, -0.2) is 21.9 Å². The van der Waals surface area contributed by atoms with Crippen LogP contribution >= 0.6 is 0 Å². The molecule has 0 saturated carbocycles. The molecular formula is C15H20FN3O5S. The smallest absolute Gasteiger partial charge is 0.410 e. The fourth-order valence-corrected chi connectivity index (χ4v) is 4.34. The Morgan fingerprint density at radius 1 is 1.36 bits per heavy atom. The maximum atomic E-state index is 14.3. The summed E-state index contributed by atoms with van der Waals surface area (Å²) in [6, 6.07) is 3.35. The zero-order valence-corrected chi connectivity index (χ0v) is 15.1. The van der Waals surface area contributed by atoms with Crippen LogP contribution in [0.15, 0.2) is 23.2 Å². The number of hydrogen-bond acceptors (Lipinski definition) is 5. The number of aromatic hydroxyl groups is 1. The topological polar surface area (TPSA) is 119 Å². The minimum absolute atomic E-state index is 0.0445. The van der Waals surface area contributed by atoms with Crippen molar-refractivity contribution in [1.82, 2.24) is 9.62 Å². The van der Waals surface area contributed by atoms with Gasteiger partial charge in [-0.2, -0.15) is 0 Å². The van der Waals surface area contributed by atoms with Gasteiger partial charge in [0.1, 0.15) is 27.7 Å². The Morgan fingerprint density at radius 3 is 2.52 bits per heavy atom. The van der Waals surface area contributed by atoms with E-state index in [4.69, 9.17) is 5.11 Å². The van der Waals surface area contributed by atoms with Crippen molar-refractivity contribution in [1.29, 1.82) is 0 Å². The molecule has 0 aromatic heterocycles. The number of amidine groups is 1. The first kappa shape index (κ1) is 19.1. The molecule has 0 bridgehead atoms. The van der Waals surface area contributed by atoms with Gasteiger partial charge in [0, 0.05) is 19.2 Å². The lowest BCUT2D eigenvalue weighted by atomic mass is 9.91. The van der Waals surface area contributed by atoms with Gasteiger partial charge in [-0.1, -0.05) is 0 Å². The van der Waals surface area contributed by atoms with E-state index in [1.807, 2.05) is 5.32 Å². The molecule has 0 aliphatic carbocycles. The number of hydrogen-bond donors (Lipinski definition) is 3. The monoisotopic (exact) mass is 373 g/mol. The number of sulfonamides is 1. The Bertz CT molecular complexity index is 853. The van der Waals surface area contributed by atoms with Crippen LogP contribution in [0.2, 0.25) is 0 Å². The molecule has 1 aliphatic heterocycles. The summed E-state index contributed by atoms with van der Waals surface area (Å²) in [5.41, 5.74) is -1.49. The number of amides is 1. The normalized spacial score (nSPS) is 25.7. The van der Waals surface area contributed by atoms with Crippen molar-refractivity contribution in [2.75, 3.05) is 13.6 Å². The maximum Gasteiger partial charge on any atom is 0.410 e. The van der Waals surface area contributed by atoms with Crippen molar-refractivity contribution in [3.8, 4) is 5.75 Å². The number of phenols is 1.